The number of nitrogens with two attached hydrogens (primary N) is 1. The van der Waals surface area contributed by atoms with Crippen molar-refractivity contribution >= 4 is 29.2 Å². The second-order valence-electron chi connectivity index (χ2n) is 7.70. The Bertz CT molecular complexity index is 1290. The second-order valence-corrected chi connectivity index (χ2v) is 9.03. The Morgan fingerprint density at radius 1 is 1.12 bits per heavy atom. The molecule has 1 unspecified atom stereocenters. The molecule has 3 N–H and O–H groups in total. The number of carbonyl (C=O) groups excluding carboxylic acids is 1. The van der Waals surface area contributed by atoms with E-state index in [0.29, 0.717) is 16.2 Å². The number of aromatic nitrogens is 1. The summed E-state index contributed by atoms with van der Waals surface area (Å²) in [5.74, 6) is -0.174. The molecule has 1 amide bonds. The molecule has 0 saturated carbocycles. The molecule has 6 nitrogen and oxygen atoms in total. The molecule has 1 atom stereocenters. The Morgan fingerprint density at radius 3 is 2.39 bits per heavy atom. The van der Waals surface area contributed by atoms with E-state index in [-0.39, 0.29) is 22.9 Å². The number of nitriles is 2. The summed E-state index contributed by atoms with van der Waals surface area (Å²) >= 11 is 1.15. The molecule has 0 aliphatic rings. The van der Waals surface area contributed by atoms with Gasteiger partial charge in [-0.1, -0.05) is 55.1 Å². The van der Waals surface area contributed by atoms with Crippen LogP contribution in [-0.2, 0) is 11.2 Å². The van der Waals surface area contributed by atoms with Crippen molar-refractivity contribution in [2.75, 3.05) is 11.1 Å². The number of nitrogens with one attached hydrogen (secondary N) is 1. The van der Waals surface area contributed by atoms with Gasteiger partial charge in [0.2, 0.25) is 5.91 Å². The van der Waals surface area contributed by atoms with E-state index in [2.05, 4.69) is 29.4 Å². The molecule has 0 bridgehead atoms. The number of hydrogen-bond acceptors (Lipinski definition) is 6. The normalized spacial score (nSPS) is 11.3. The topological polar surface area (TPSA) is 116 Å². The van der Waals surface area contributed by atoms with Gasteiger partial charge >= 0.3 is 0 Å². The minimum atomic E-state index is -0.549. The molecule has 2 aromatic carbocycles. The van der Waals surface area contributed by atoms with Gasteiger partial charge in [-0.3, -0.25) is 4.79 Å². The van der Waals surface area contributed by atoms with Gasteiger partial charge < -0.3 is 11.1 Å². The first-order valence-electron chi connectivity index (χ1n) is 10.6. The number of carbonyl (C=O) groups is 1. The first-order valence-corrected chi connectivity index (χ1v) is 11.4. The van der Waals surface area contributed by atoms with Gasteiger partial charge in [-0.15, -0.1) is 0 Å². The molecule has 1 heterocycles. The van der Waals surface area contributed by atoms with Gasteiger partial charge in [0.15, 0.2) is 0 Å². The highest BCUT2D eigenvalue weighted by Crippen LogP contribution is 2.37. The third-order valence-corrected chi connectivity index (χ3v) is 6.67. The summed E-state index contributed by atoms with van der Waals surface area (Å²) in [5, 5.41) is 22.4. The summed E-state index contributed by atoms with van der Waals surface area (Å²) in [7, 11) is 0. The highest BCUT2D eigenvalue weighted by molar-refractivity contribution is 8.00. The Labute approximate surface area is 198 Å². The molecule has 3 rings (SSSR count). The molecule has 0 fully saturated rings. The lowest BCUT2D eigenvalue weighted by atomic mass is 9.96. The van der Waals surface area contributed by atoms with Crippen molar-refractivity contribution in [1.82, 2.24) is 4.98 Å². The van der Waals surface area contributed by atoms with Crippen molar-refractivity contribution in [2.45, 2.75) is 44.4 Å². The zero-order valence-electron chi connectivity index (χ0n) is 19.1. The van der Waals surface area contributed by atoms with Crippen LogP contribution in [0.15, 0.2) is 47.5 Å². The SMILES string of the molecule is CCc1ccc(-c2c(C#N)c(N)nc(SC(C)C(=O)Nc3cccc(C)c3C)c2C#N)cc1. The van der Waals surface area contributed by atoms with Crippen LogP contribution in [0.5, 0.6) is 0 Å². The Kier molecular flexibility index (Phi) is 7.37. The quantitative estimate of drug-likeness (QED) is 0.483. The monoisotopic (exact) mass is 455 g/mol. The van der Waals surface area contributed by atoms with Gasteiger partial charge in [0.25, 0.3) is 0 Å². The standard InChI is InChI=1S/C26H25N5OS/c1-5-18-9-11-19(12-10-18)23-20(13-27)24(29)31-26(21(23)14-28)33-17(4)25(32)30-22-8-6-7-15(2)16(22)3/h6-12,17H,5H2,1-4H3,(H2,29,31)(H,30,32). The first-order chi connectivity index (χ1) is 15.8. The van der Waals surface area contributed by atoms with Crippen molar-refractivity contribution in [2.24, 2.45) is 0 Å². The van der Waals surface area contributed by atoms with Gasteiger partial charge in [-0.2, -0.15) is 10.5 Å². The molecule has 33 heavy (non-hydrogen) atoms. The molecule has 0 radical (unpaired) electrons. The lowest BCUT2D eigenvalue weighted by Crippen LogP contribution is -2.23. The Morgan fingerprint density at radius 2 is 1.79 bits per heavy atom. The van der Waals surface area contributed by atoms with E-state index in [1.807, 2.05) is 56.3 Å². The smallest absolute Gasteiger partial charge is 0.237 e. The molecule has 1 aromatic heterocycles. The van der Waals surface area contributed by atoms with Gasteiger partial charge in [0, 0.05) is 11.3 Å². The number of nitrogens with zero attached hydrogens (tertiary/aromatic N) is 3. The maximum absolute atomic E-state index is 12.9. The highest BCUT2D eigenvalue weighted by atomic mass is 32.2. The van der Waals surface area contributed by atoms with Gasteiger partial charge in [0.1, 0.15) is 28.5 Å². The third-order valence-electron chi connectivity index (χ3n) is 5.59. The number of hydrogen-bond donors (Lipinski definition) is 2. The number of rotatable bonds is 6. The number of aryl methyl sites for hydroxylation is 2. The number of anilines is 2. The summed E-state index contributed by atoms with van der Waals surface area (Å²) in [5.41, 5.74) is 11.6. The lowest BCUT2D eigenvalue weighted by Gasteiger charge is -2.17. The molecule has 7 heteroatoms. The molecular formula is C26H25N5OS. The predicted octanol–water partition coefficient (Wildman–Crippen LogP) is 5.37. The number of amides is 1. The van der Waals surface area contributed by atoms with Gasteiger partial charge in [0.05, 0.1) is 10.8 Å². The fourth-order valence-electron chi connectivity index (χ4n) is 3.42. The Hall–Kier alpha value is -3.81. The van der Waals surface area contributed by atoms with Crippen molar-refractivity contribution in [3.05, 3.63) is 70.3 Å². The highest BCUT2D eigenvalue weighted by Gasteiger charge is 2.24. The third kappa shape index (κ3) is 5.00. The number of thioether (sulfide) groups is 1. The van der Waals surface area contributed by atoms with Crippen LogP contribution >= 0.6 is 11.8 Å². The van der Waals surface area contributed by atoms with Crippen molar-refractivity contribution < 1.29 is 4.79 Å². The van der Waals surface area contributed by atoms with Crippen LogP contribution in [0.4, 0.5) is 11.5 Å². The molecule has 0 aliphatic heterocycles. The molecule has 0 spiro atoms. The molecule has 3 aromatic rings. The van der Waals surface area contributed by atoms with Crippen LogP contribution in [0.25, 0.3) is 11.1 Å². The predicted molar refractivity (Wildman–Crippen MR) is 133 cm³/mol. The van der Waals surface area contributed by atoms with Crippen LogP contribution < -0.4 is 11.1 Å². The number of nitrogen functional groups attached to an aromatic ring is 1. The summed E-state index contributed by atoms with van der Waals surface area (Å²) < 4.78 is 0. The van der Waals surface area contributed by atoms with E-state index in [1.165, 1.54) is 0 Å². The average molecular weight is 456 g/mol. The summed E-state index contributed by atoms with van der Waals surface area (Å²) in [6.45, 7) is 7.74. The molecular weight excluding hydrogens is 430 g/mol. The summed E-state index contributed by atoms with van der Waals surface area (Å²) in [6.07, 6.45) is 0.878. The van der Waals surface area contributed by atoms with Crippen LogP contribution in [0.2, 0.25) is 0 Å². The zero-order chi connectivity index (χ0) is 24.1. The van der Waals surface area contributed by atoms with Crippen molar-refractivity contribution in [1.29, 1.82) is 10.5 Å². The fraction of sp³-hybridized carbons (Fsp3) is 0.231. The van der Waals surface area contributed by atoms with E-state index in [4.69, 9.17) is 5.73 Å². The van der Waals surface area contributed by atoms with Crippen LogP contribution in [0.1, 0.15) is 41.7 Å². The van der Waals surface area contributed by atoms with Crippen LogP contribution in [0.3, 0.4) is 0 Å². The van der Waals surface area contributed by atoms with E-state index in [1.54, 1.807) is 6.92 Å². The second kappa shape index (κ2) is 10.2. The first kappa shape index (κ1) is 23.8. The van der Waals surface area contributed by atoms with Crippen molar-refractivity contribution in [3.63, 3.8) is 0 Å². The van der Waals surface area contributed by atoms with E-state index in [0.717, 1.165) is 40.6 Å². The minimum absolute atomic E-state index is 0.0377. The maximum atomic E-state index is 12.9. The van der Waals surface area contributed by atoms with E-state index in [9.17, 15) is 15.3 Å². The Balaban J connectivity index is 1.98. The molecule has 166 valence electrons. The van der Waals surface area contributed by atoms with Crippen LogP contribution in [-0.4, -0.2) is 16.1 Å². The van der Waals surface area contributed by atoms with E-state index >= 15 is 0 Å². The summed E-state index contributed by atoms with van der Waals surface area (Å²) in [6, 6.07) is 17.7. The largest absolute Gasteiger partial charge is 0.383 e. The lowest BCUT2D eigenvalue weighted by molar-refractivity contribution is -0.115. The maximum Gasteiger partial charge on any atom is 0.237 e. The number of pyridine rings is 1. The van der Waals surface area contributed by atoms with E-state index < -0.39 is 5.25 Å². The van der Waals surface area contributed by atoms with Gasteiger partial charge in [-0.05, 0) is 55.5 Å². The molecule has 0 saturated heterocycles. The fourth-order valence-corrected chi connectivity index (χ4v) is 4.34. The summed E-state index contributed by atoms with van der Waals surface area (Å²) in [4.78, 5) is 17.2. The van der Waals surface area contributed by atoms with Gasteiger partial charge in [-0.25, -0.2) is 4.98 Å². The zero-order valence-corrected chi connectivity index (χ0v) is 19.9. The van der Waals surface area contributed by atoms with Crippen molar-refractivity contribution in [3.8, 4) is 23.3 Å². The minimum Gasteiger partial charge on any atom is -0.383 e. The number of benzene rings is 2. The van der Waals surface area contributed by atoms with Crippen LogP contribution in [0, 0.1) is 36.5 Å². The average Bonchev–Trinajstić information content (AvgIpc) is 2.81. The molecule has 0 aliphatic carbocycles.